The maximum absolute atomic E-state index is 13.4. The Morgan fingerprint density at radius 1 is 1.29 bits per heavy atom. The molecule has 0 radical (unpaired) electrons. The van der Waals surface area contributed by atoms with Gasteiger partial charge in [-0.3, -0.25) is 4.40 Å². The smallest absolute Gasteiger partial charge is 0.139 e. The summed E-state index contributed by atoms with van der Waals surface area (Å²) in [6, 6.07) is 10.9. The van der Waals surface area contributed by atoms with Crippen molar-refractivity contribution >= 4 is 5.65 Å². The lowest BCUT2D eigenvalue weighted by Crippen LogP contribution is -2.05. The summed E-state index contributed by atoms with van der Waals surface area (Å²) < 4.78 is 20.3. The van der Waals surface area contributed by atoms with Crippen molar-refractivity contribution in [2.75, 3.05) is 7.11 Å². The van der Waals surface area contributed by atoms with Crippen LogP contribution in [0.5, 0.6) is 5.75 Å². The van der Waals surface area contributed by atoms with Crippen molar-refractivity contribution in [3.63, 3.8) is 0 Å². The van der Waals surface area contributed by atoms with E-state index in [1.54, 1.807) is 17.6 Å². The minimum atomic E-state index is -0.303. The highest BCUT2D eigenvalue weighted by Crippen LogP contribution is 2.19. The van der Waals surface area contributed by atoms with Gasteiger partial charge in [-0.1, -0.05) is 12.1 Å². The number of halogens is 1. The molecule has 1 aromatic carbocycles. The monoisotopic (exact) mass is 285 g/mol. The zero-order valence-electron chi connectivity index (χ0n) is 11.7. The molecule has 2 heterocycles. The number of nitrogens with zero attached hydrogens (tertiary/aromatic N) is 2. The zero-order chi connectivity index (χ0) is 14.8. The largest absolute Gasteiger partial charge is 0.497 e. The lowest BCUT2D eigenvalue weighted by atomic mass is 10.1. The lowest BCUT2D eigenvalue weighted by Gasteiger charge is -2.05. The normalized spacial score (nSPS) is 11.0. The Bertz CT molecular complexity index is 782. The first-order valence-corrected chi connectivity index (χ1v) is 6.69. The van der Waals surface area contributed by atoms with Gasteiger partial charge in [-0.25, -0.2) is 9.37 Å². The van der Waals surface area contributed by atoms with Gasteiger partial charge in [0, 0.05) is 19.2 Å². The average molecular weight is 285 g/mol. The predicted molar refractivity (Wildman–Crippen MR) is 78.8 cm³/mol. The number of benzene rings is 1. The zero-order valence-corrected chi connectivity index (χ0v) is 11.7. The van der Waals surface area contributed by atoms with Crippen molar-refractivity contribution in [2.45, 2.75) is 13.0 Å². The van der Waals surface area contributed by atoms with E-state index in [1.165, 1.54) is 12.3 Å². The standard InChI is InChI=1S/C16H16FN3O/c1-21-13-4-2-3-11(7-13)8-14-15(9-18)20-10-12(17)5-6-16(20)19-14/h2-7,10H,8-9,18H2,1H3. The summed E-state index contributed by atoms with van der Waals surface area (Å²) in [7, 11) is 1.64. The van der Waals surface area contributed by atoms with E-state index in [9.17, 15) is 4.39 Å². The van der Waals surface area contributed by atoms with Crippen LogP contribution in [-0.4, -0.2) is 16.5 Å². The molecule has 2 N–H and O–H groups in total. The van der Waals surface area contributed by atoms with Gasteiger partial charge in [-0.2, -0.15) is 0 Å². The molecule has 3 rings (SSSR count). The van der Waals surface area contributed by atoms with Crippen molar-refractivity contribution in [1.82, 2.24) is 9.38 Å². The average Bonchev–Trinajstić information content (AvgIpc) is 2.83. The van der Waals surface area contributed by atoms with E-state index in [0.29, 0.717) is 18.6 Å². The second kappa shape index (κ2) is 5.54. The third-order valence-corrected chi connectivity index (χ3v) is 3.46. The summed E-state index contributed by atoms with van der Waals surface area (Å²) in [5.41, 5.74) is 9.28. The first-order chi connectivity index (χ1) is 10.2. The van der Waals surface area contributed by atoms with E-state index >= 15 is 0 Å². The molecule has 0 amide bonds. The number of hydrogen-bond acceptors (Lipinski definition) is 3. The highest BCUT2D eigenvalue weighted by Gasteiger charge is 2.12. The van der Waals surface area contributed by atoms with E-state index < -0.39 is 0 Å². The SMILES string of the molecule is COc1cccc(Cc2nc3ccc(F)cn3c2CN)c1. The Balaban J connectivity index is 2.03. The van der Waals surface area contributed by atoms with Gasteiger partial charge in [0.25, 0.3) is 0 Å². The molecule has 0 aliphatic rings. The van der Waals surface area contributed by atoms with Crippen LogP contribution in [0.3, 0.4) is 0 Å². The van der Waals surface area contributed by atoms with Crippen molar-refractivity contribution < 1.29 is 9.13 Å². The Morgan fingerprint density at radius 3 is 2.90 bits per heavy atom. The maximum Gasteiger partial charge on any atom is 0.139 e. The fraction of sp³-hybridized carbons (Fsp3) is 0.188. The number of pyridine rings is 1. The molecule has 0 aliphatic heterocycles. The second-order valence-corrected chi connectivity index (χ2v) is 4.81. The van der Waals surface area contributed by atoms with Crippen LogP contribution in [0.15, 0.2) is 42.6 Å². The molecule has 0 saturated heterocycles. The van der Waals surface area contributed by atoms with Crippen LogP contribution >= 0.6 is 0 Å². The van der Waals surface area contributed by atoms with Crippen LogP contribution in [0, 0.1) is 5.82 Å². The fourth-order valence-electron chi connectivity index (χ4n) is 2.45. The summed E-state index contributed by atoms with van der Waals surface area (Å²) in [6.45, 7) is 0.309. The van der Waals surface area contributed by atoms with Crippen LogP contribution in [0.25, 0.3) is 5.65 Å². The van der Waals surface area contributed by atoms with E-state index in [1.807, 2.05) is 24.3 Å². The first-order valence-electron chi connectivity index (χ1n) is 6.69. The summed E-state index contributed by atoms with van der Waals surface area (Å²) >= 11 is 0. The summed E-state index contributed by atoms with van der Waals surface area (Å²) in [5.74, 6) is 0.499. The second-order valence-electron chi connectivity index (χ2n) is 4.81. The molecule has 108 valence electrons. The summed E-state index contributed by atoms with van der Waals surface area (Å²) in [6.07, 6.45) is 2.05. The topological polar surface area (TPSA) is 52.5 Å². The molecular weight excluding hydrogens is 269 g/mol. The van der Waals surface area contributed by atoms with Crippen LogP contribution in [0.2, 0.25) is 0 Å². The third-order valence-electron chi connectivity index (χ3n) is 3.46. The Hall–Kier alpha value is -2.40. The molecule has 21 heavy (non-hydrogen) atoms. The third kappa shape index (κ3) is 2.60. The molecule has 5 heteroatoms. The minimum absolute atomic E-state index is 0.303. The molecule has 2 aromatic heterocycles. The number of rotatable bonds is 4. The van der Waals surface area contributed by atoms with Gasteiger partial charge in [0.05, 0.1) is 18.5 Å². The molecule has 0 bridgehead atoms. The van der Waals surface area contributed by atoms with Gasteiger partial charge < -0.3 is 10.5 Å². The quantitative estimate of drug-likeness (QED) is 0.801. The van der Waals surface area contributed by atoms with E-state index in [0.717, 1.165) is 22.7 Å². The molecule has 0 unspecified atom stereocenters. The Kier molecular flexibility index (Phi) is 3.58. The Morgan fingerprint density at radius 2 is 2.14 bits per heavy atom. The number of imidazole rings is 1. The number of fused-ring (bicyclic) bond motifs is 1. The highest BCUT2D eigenvalue weighted by atomic mass is 19.1. The molecule has 0 aliphatic carbocycles. The number of nitrogens with two attached hydrogens (primary N) is 1. The van der Waals surface area contributed by atoms with Gasteiger partial charge in [0.15, 0.2) is 0 Å². The van der Waals surface area contributed by atoms with Crippen molar-refractivity contribution in [1.29, 1.82) is 0 Å². The van der Waals surface area contributed by atoms with Gasteiger partial charge in [-0.05, 0) is 29.8 Å². The molecule has 3 aromatic rings. The molecule has 0 saturated carbocycles. The van der Waals surface area contributed by atoms with Gasteiger partial charge in [0.1, 0.15) is 17.2 Å². The highest BCUT2D eigenvalue weighted by molar-refractivity contribution is 5.45. The van der Waals surface area contributed by atoms with E-state index in [-0.39, 0.29) is 5.82 Å². The van der Waals surface area contributed by atoms with Crippen LogP contribution in [-0.2, 0) is 13.0 Å². The van der Waals surface area contributed by atoms with Crippen LogP contribution in [0.4, 0.5) is 4.39 Å². The van der Waals surface area contributed by atoms with Crippen molar-refractivity contribution in [3.05, 3.63) is 65.4 Å². The van der Waals surface area contributed by atoms with Crippen LogP contribution < -0.4 is 10.5 Å². The maximum atomic E-state index is 13.4. The van der Waals surface area contributed by atoms with Crippen molar-refractivity contribution in [3.8, 4) is 5.75 Å². The van der Waals surface area contributed by atoms with Crippen LogP contribution in [0.1, 0.15) is 17.0 Å². The fourth-order valence-corrected chi connectivity index (χ4v) is 2.45. The number of hydrogen-bond donors (Lipinski definition) is 1. The molecule has 0 fully saturated rings. The minimum Gasteiger partial charge on any atom is -0.497 e. The number of methoxy groups -OCH3 is 1. The predicted octanol–water partition coefficient (Wildman–Crippen LogP) is 2.53. The molecule has 0 atom stereocenters. The van der Waals surface area contributed by atoms with E-state index in [2.05, 4.69) is 4.98 Å². The Labute approximate surface area is 122 Å². The summed E-state index contributed by atoms with van der Waals surface area (Å²) in [4.78, 5) is 4.55. The molecular formula is C16H16FN3O. The van der Waals surface area contributed by atoms with Gasteiger partial charge >= 0.3 is 0 Å². The number of ether oxygens (including phenoxy) is 1. The van der Waals surface area contributed by atoms with Gasteiger partial charge in [-0.15, -0.1) is 0 Å². The molecule has 4 nitrogen and oxygen atoms in total. The van der Waals surface area contributed by atoms with Gasteiger partial charge in [0.2, 0.25) is 0 Å². The first kappa shape index (κ1) is 13.6. The van der Waals surface area contributed by atoms with E-state index in [4.69, 9.17) is 10.5 Å². The summed E-state index contributed by atoms with van der Waals surface area (Å²) in [5, 5.41) is 0. The lowest BCUT2D eigenvalue weighted by molar-refractivity contribution is 0.414. The molecule has 0 spiro atoms. The van der Waals surface area contributed by atoms with Crippen molar-refractivity contribution in [2.24, 2.45) is 5.73 Å². The number of aromatic nitrogens is 2.